The number of likely N-dealkylation sites (tertiary alicyclic amines) is 1. The fourth-order valence-electron chi connectivity index (χ4n) is 5.42. The van der Waals surface area contributed by atoms with E-state index in [1.54, 1.807) is 22.7 Å². The minimum Gasteiger partial charge on any atom is -0.488 e. The molecule has 1 saturated carbocycles. The summed E-state index contributed by atoms with van der Waals surface area (Å²) >= 11 is 1.60. The number of thioether (sulfide) groups is 1. The monoisotopic (exact) mass is 583 g/mol. The van der Waals surface area contributed by atoms with Crippen LogP contribution in [-0.4, -0.2) is 66.3 Å². The van der Waals surface area contributed by atoms with Crippen LogP contribution in [0.25, 0.3) is 10.9 Å². The standard InChI is InChI=1S/C31H41N3O6S/c1-4-39-27-18-25(22-13-11-14-26(41-3)29(22)33-27)40-21-17-24(30(32)36)34(19-21)28(35)15-10-8-6-5-7-9-12-20-16-23(20)31(37)38-2/h9,11-14,18,20-21,23-24H,4-8,10,15-17,19H2,1-3H3,(H2,32,36)/b12-9-/t20-,21-,23+,24+/m1/s1. The Morgan fingerprint density at radius 2 is 1.98 bits per heavy atom. The number of unbranched alkanes of at least 4 members (excludes halogenated alkanes) is 4. The predicted octanol–water partition coefficient (Wildman–Crippen LogP) is 4.89. The van der Waals surface area contributed by atoms with Crippen LogP contribution in [0.1, 0.15) is 58.3 Å². The van der Waals surface area contributed by atoms with E-state index in [0.29, 0.717) is 43.5 Å². The maximum Gasteiger partial charge on any atom is 0.309 e. The van der Waals surface area contributed by atoms with Crippen molar-refractivity contribution >= 4 is 40.4 Å². The molecule has 41 heavy (non-hydrogen) atoms. The molecule has 10 heteroatoms. The van der Waals surface area contributed by atoms with Crippen LogP contribution in [0.5, 0.6) is 11.6 Å². The Hall–Kier alpha value is -3.27. The summed E-state index contributed by atoms with van der Waals surface area (Å²) in [4.78, 5) is 44.1. The van der Waals surface area contributed by atoms with Gasteiger partial charge in [-0.15, -0.1) is 11.8 Å². The molecule has 1 aliphatic carbocycles. The highest BCUT2D eigenvalue weighted by Crippen LogP contribution is 2.40. The number of carbonyl (C=O) groups is 3. The number of fused-ring (bicyclic) bond motifs is 1. The average Bonchev–Trinajstić information content (AvgIpc) is 3.62. The molecule has 0 spiro atoms. The largest absolute Gasteiger partial charge is 0.488 e. The lowest BCUT2D eigenvalue weighted by atomic mass is 10.1. The first-order valence-corrected chi connectivity index (χ1v) is 15.7. The van der Waals surface area contributed by atoms with Gasteiger partial charge in [-0.3, -0.25) is 14.4 Å². The number of allylic oxidation sites excluding steroid dienone is 2. The number of amides is 2. The van der Waals surface area contributed by atoms with Gasteiger partial charge in [0.2, 0.25) is 17.7 Å². The van der Waals surface area contributed by atoms with Crippen LogP contribution in [0.15, 0.2) is 41.3 Å². The van der Waals surface area contributed by atoms with Gasteiger partial charge in [0.05, 0.1) is 31.7 Å². The number of esters is 1. The van der Waals surface area contributed by atoms with E-state index in [2.05, 4.69) is 17.1 Å². The second-order valence-electron chi connectivity index (χ2n) is 10.6. The molecule has 2 N–H and O–H groups in total. The summed E-state index contributed by atoms with van der Waals surface area (Å²) in [5, 5.41) is 0.857. The zero-order valence-electron chi connectivity index (χ0n) is 24.2. The third-order valence-electron chi connectivity index (χ3n) is 7.70. The van der Waals surface area contributed by atoms with E-state index >= 15 is 0 Å². The van der Waals surface area contributed by atoms with Gasteiger partial charge in [-0.05, 0) is 56.9 Å². The predicted molar refractivity (Wildman–Crippen MR) is 159 cm³/mol. The Morgan fingerprint density at radius 3 is 2.71 bits per heavy atom. The number of para-hydroxylation sites is 1. The number of ether oxygens (including phenoxy) is 3. The number of rotatable bonds is 15. The Balaban J connectivity index is 1.27. The topological polar surface area (TPSA) is 121 Å². The van der Waals surface area contributed by atoms with Crippen molar-refractivity contribution in [2.45, 2.75) is 75.3 Å². The lowest BCUT2D eigenvalue weighted by Crippen LogP contribution is -2.43. The Morgan fingerprint density at radius 1 is 1.17 bits per heavy atom. The summed E-state index contributed by atoms with van der Waals surface area (Å²) in [5.74, 6) is 0.748. The normalized spacial score (nSPS) is 21.8. The van der Waals surface area contributed by atoms with Gasteiger partial charge in [0.25, 0.3) is 0 Å². The second kappa shape index (κ2) is 14.6. The number of hydrogen-bond acceptors (Lipinski definition) is 8. The molecule has 2 aromatic rings. The molecule has 2 aliphatic rings. The van der Waals surface area contributed by atoms with Crippen molar-refractivity contribution in [2.24, 2.45) is 17.6 Å². The van der Waals surface area contributed by atoms with Crippen molar-refractivity contribution in [3.8, 4) is 11.6 Å². The molecular formula is C31H41N3O6S. The maximum atomic E-state index is 13.1. The van der Waals surface area contributed by atoms with Gasteiger partial charge in [0.1, 0.15) is 17.9 Å². The Kier molecular flexibility index (Phi) is 10.9. The smallest absolute Gasteiger partial charge is 0.309 e. The molecule has 1 aromatic carbocycles. The third kappa shape index (κ3) is 7.93. The number of carbonyl (C=O) groups excluding carboxylic acids is 3. The Labute approximate surface area is 246 Å². The molecule has 4 rings (SSSR count). The number of primary amides is 1. The number of aromatic nitrogens is 1. The van der Waals surface area contributed by atoms with Crippen molar-refractivity contribution < 1.29 is 28.6 Å². The molecule has 2 fully saturated rings. The number of methoxy groups -OCH3 is 1. The summed E-state index contributed by atoms with van der Waals surface area (Å²) < 4.78 is 16.9. The molecule has 9 nitrogen and oxygen atoms in total. The molecule has 0 bridgehead atoms. The molecule has 2 heterocycles. The fourth-order valence-corrected chi connectivity index (χ4v) is 5.98. The van der Waals surface area contributed by atoms with Gasteiger partial charge in [-0.2, -0.15) is 0 Å². The van der Waals surface area contributed by atoms with E-state index in [9.17, 15) is 14.4 Å². The molecular weight excluding hydrogens is 542 g/mol. The third-order valence-corrected chi connectivity index (χ3v) is 8.47. The highest BCUT2D eigenvalue weighted by atomic mass is 32.2. The second-order valence-corrected chi connectivity index (χ2v) is 11.4. The van der Waals surface area contributed by atoms with Gasteiger partial charge in [0, 0.05) is 29.2 Å². The number of pyridine rings is 1. The molecule has 0 radical (unpaired) electrons. The zero-order chi connectivity index (χ0) is 29.4. The lowest BCUT2D eigenvalue weighted by Gasteiger charge is -2.22. The summed E-state index contributed by atoms with van der Waals surface area (Å²) in [6.07, 6.45) is 12.2. The molecule has 2 amide bonds. The van der Waals surface area contributed by atoms with Crippen molar-refractivity contribution in [3.05, 3.63) is 36.4 Å². The van der Waals surface area contributed by atoms with Crippen molar-refractivity contribution in [1.29, 1.82) is 0 Å². The molecule has 222 valence electrons. The highest BCUT2D eigenvalue weighted by Gasteiger charge is 2.42. The quantitative estimate of drug-likeness (QED) is 0.136. The minimum atomic E-state index is -0.685. The zero-order valence-corrected chi connectivity index (χ0v) is 25.0. The molecule has 1 saturated heterocycles. The first kappa shape index (κ1) is 30.7. The first-order chi connectivity index (χ1) is 19.9. The van der Waals surface area contributed by atoms with Crippen LogP contribution in [0, 0.1) is 11.8 Å². The number of hydrogen-bond donors (Lipinski definition) is 1. The summed E-state index contributed by atoms with van der Waals surface area (Å²) in [7, 11) is 1.43. The maximum absolute atomic E-state index is 13.1. The number of benzene rings is 1. The van der Waals surface area contributed by atoms with Crippen LogP contribution < -0.4 is 15.2 Å². The van der Waals surface area contributed by atoms with E-state index in [-0.39, 0.29) is 23.9 Å². The van der Waals surface area contributed by atoms with E-state index < -0.39 is 11.9 Å². The SMILES string of the molecule is CCOc1cc(O[C@@H]2C[C@@H](C(N)=O)N(C(=O)CCCCCC/C=C\[C@@H]3C[C@@H]3C(=O)OC)C2)c2cccc(SC)c2n1. The molecule has 1 aliphatic heterocycles. The minimum absolute atomic E-state index is 0.0340. The van der Waals surface area contributed by atoms with Crippen molar-refractivity contribution in [1.82, 2.24) is 9.88 Å². The number of nitrogens with zero attached hydrogens (tertiary/aromatic N) is 2. The number of nitrogens with two attached hydrogens (primary N) is 1. The van der Waals surface area contributed by atoms with E-state index in [1.807, 2.05) is 31.4 Å². The van der Waals surface area contributed by atoms with E-state index in [4.69, 9.17) is 19.9 Å². The lowest BCUT2D eigenvalue weighted by molar-refractivity contribution is -0.142. The van der Waals surface area contributed by atoms with E-state index in [1.165, 1.54) is 7.11 Å². The average molecular weight is 584 g/mol. The summed E-state index contributed by atoms with van der Waals surface area (Å²) in [5.41, 5.74) is 6.50. The van der Waals surface area contributed by atoms with Gasteiger partial charge in [0.15, 0.2) is 0 Å². The Bertz CT molecular complexity index is 1270. The van der Waals surface area contributed by atoms with Crippen molar-refractivity contribution in [2.75, 3.05) is 26.5 Å². The van der Waals surface area contributed by atoms with Crippen LogP contribution >= 0.6 is 11.8 Å². The van der Waals surface area contributed by atoms with Crippen molar-refractivity contribution in [3.63, 3.8) is 0 Å². The van der Waals surface area contributed by atoms with Crippen LogP contribution in [0.4, 0.5) is 0 Å². The summed E-state index contributed by atoms with van der Waals surface area (Å²) in [6.45, 7) is 2.68. The van der Waals surface area contributed by atoms with Crippen LogP contribution in [-0.2, 0) is 19.1 Å². The molecule has 0 unspecified atom stereocenters. The van der Waals surface area contributed by atoms with Gasteiger partial charge >= 0.3 is 5.97 Å². The van der Waals surface area contributed by atoms with Crippen LogP contribution in [0.3, 0.4) is 0 Å². The molecule has 4 atom stereocenters. The molecule has 1 aromatic heterocycles. The summed E-state index contributed by atoms with van der Waals surface area (Å²) in [6, 6.07) is 7.01. The van der Waals surface area contributed by atoms with Crippen LogP contribution in [0.2, 0.25) is 0 Å². The van der Waals surface area contributed by atoms with Gasteiger partial charge < -0.3 is 24.8 Å². The van der Waals surface area contributed by atoms with Gasteiger partial charge in [-0.25, -0.2) is 4.98 Å². The van der Waals surface area contributed by atoms with E-state index in [0.717, 1.165) is 54.3 Å². The fraction of sp³-hybridized carbons (Fsp3) is 0.548. The highest BCUT2D eigenvalue weighted by molar-refractivity contribution is 7.98. The van der Waals surface area contributed by atoms with Gasteiger partial charge in [-0.1, -0.05) is 31.1 Å². The first-order valence-electron chi connectivity index (χ1n) is 14.5.